The fraction of sp³-hybridized carbons (Fsp3) is 0.583. The number of carbonyl (C=O) groups is 1. The highest BCUT2D eigenvalue weighted by atomic mass is 35.5. The van der Waals surface area contributed by atoms with Crippen molar-refractivity contribution in [2.24, 2.45) is 0 Å². The summed E-state index contributed by atoms with van der Waals surface area (Å²) in [4.78, 5) is 14.2. The molecule has 0 radical (unpaired) electrons. The van der Waals surface area contributed by atoms with Crippen LogP contribution < -0.4 is 10.1 Å². The number of likely N-dealkylation sites (N-methyl/N-ethyl adjacent to an activating group) is 1. The Bertz CT molecular complexity index is 445. The Balaban J connectivity index is 0.00000200. The molecule has 0 aromatic carbocycles. The Morgan fingerprint density at radius 3 is 3.00 bits per heavy atom. The zero-order valence-electron chi connectivity index (χ0n) is 11.0. The summed E-state index contributed by atoms with van der Waals surface area (Å²) in [5.74, 6) is -0.262. The Morgan fingerprint density at radius 1 is 1.60 bits per heavy atom. The summed E-state index contributed by atoms with van der Waals surface area (Å²) in [5.41, 5.74) is 0. The molecule has 20 heavy (non-hydrogen) atoms. The van der Waals surface area contributed by atoms with Crippen LogP contribution in [0.5, 0.6) is 5.75 Å². The molecule has 0 spiro atoms. The summed E-state index contributed by atoms with van der Waals surface area (Å²) in [6.45, 7) is -1.66. The van der Waals surface area contributed by atoms with Crippen molar-refractivity contribution in [2.45, 2.75) is 25.5 Å². The molecule has 1 aliphatic heterocycles. The van der Waals surface area contributed by atoms with E-state index in [1.807, 2.05) is 7.05 Å². The molecule has 0 saturated carbocycles. The number of halogens is 3. The second-order valence-corrected chi connectivity index (χ2v) is 5.29. The summed E-state index contributed by atoms with van der Waals surface area (Å²) in [6, 6.07) is 1.67. The molecule has 1 aliphatic rings. The summed E-state index contributed by atoms with van der Waals surface area (Å²) in [6.07, 6.45) is 1.93. The van der Waals surface area contributed by atoms with Crippen molar-refractivity contribution in [1.29, 1.82) is 0 Å². The van der Waals surface area contributed by atoms with Crippen LogP contribution in [0.3, 0.4) is 0 Å². The number of alkyl halides is 2. The van der Waals surface area contributed by atoms with Gasteiger partial charge in [-0.2, -0.15) is 8.78 Å². The van der Waals surface area contributed by atoms with Gasteiger partial charge in [0.05, 0.1) is 0 Å². The van der Waals surface area contributed by atoms with Crippen LogP contribution in [0.1, 0.15) is 22.5 Å². The number of hydrogen-bond acceptors (Lipinski definition) is 4. The van der Waals surface area contributed by atoms with Gasteiger partial charge in [0.15, 0.2) is 0 Å². The van der Waals surface area contributed by atoms with Gasteiger partial charge in [0.2, 0.25) is 0 Å². The lowest BCUT2D eigenvalue weighted by Gasteiger charge is -2.32. The Kier molecular flexibility index (Phi) is 6.64. The summed E-state index contributed by atoms with van der Waals surface area (Å²) in [5, 5.41) is 4.73. The van der Waals surface area contributed by atoms with Crippen molar-refractivity contribution in [3.63, 3.8) is 0 Å². The molecule has 1 unspecified atom stereocenters. The molecule has 0 bridgehead atoms. The molecule has 2 heterocycles. The molecule has 0 aliphatic carbocycles. The molecule has 1 atom stereocenters. The molecular formula is C12H17ClF2N2O2S. The smallest absolute Gasteiger partial charge is 0.387 e. The number of likely N-dealkylation sites (tertiary alicyclic amines) is 1. The zero-order chi connectivity index (χ0) is 13.8. The van der Waals surface area contributed by atoms with Crippen LogP contribution in [0.25, 0.3) is 0 Å². The molecule has 1 amide bonds. The molecule has 1 aromatic heterocycles. The zero-order valence-corrected chi connectivity index (χ0v) is 12.6. The maximum atomic E-state index is 12.3. The number of ether oxygens (including phenoxy) is 1. The predicted molar refractivity (Wildman–Crippen MR) is 76.2 cm³/mol. The Labute approximate surface area is 126 Å². The van der Waals surface area contributed by atoms with Crippen LogP contribution in [-0.2, 0) is 0 Å². The van der Waals surface area contributed by atoms with Gasteiger partial charge >= 0.3 is 6.61 Å². The molecule has 1 N–H and O–H groups in total. The van der Waals surface area contributed by atoms with Gasteiger partial charge in [0.1, 0.15) is 10.6 Å². The highest BCUT2D eigenvalue weighted by Gasteiger charge is 2.27. The van der Waals surface area contributed by atoms with Crippen LogP contribution in [0.15, 0.2) is 11.4 Å². The van der Waals surface area contributed by atoms with Crippen LogP contribution >= 0.6 is 23.7 Å². The van der Waals surface area contributed by atoms with E-state index < -0.39 is 6.61 Å². The first kappa shape index (κ1) is 17.1. The third-order valence-corrected chi connectivity index (χ3v) is 4.04. The highest BCUT2D eigenvalue weighted by molar-refractivity contribution is 7.12. The number of thiophene rings is 1. The number of amides is 1. The van der Waals surface area contributed by atoms with Gasteiger partial charge in [-0.25, -0.2) is 0 Å². The minimum absolute atomic E-state index is 0. The maximum Gasteiger partial charge on any atom is 0.387 e. The lowest BCUT2D eigenvalue weighted by atomic mass is 10.1. The standard InChI is InChI=1S/C12H16F2N2O2S.ClH/c1-15-8-3-2-5-16(7-8)11(17)10-9(4-6-19-10)18-12(13)14;/h4,6,8,12,15H,2-3,5,7H2,1H3;1H. The number of piperidine rings is 1. The monoisotopic (exact) mass is 326 g/mol. The molecule has 1 saturated heterocycles. The van der Waals surface area contributed by atoms with Crippen LogP contribution in [0.4, 0.5) is 8.78 Å². The van der Waals surface area contributed by atoms with Crippen molar-refractivity contribution in [2.75, 3.05) is 20.1 Å². The normalized spacial score (nSPS) is 18.8. The first-order valence-corrected chi connectivity index (χ1v) is 6.98. The van der Waals surface area contributed by atoms with Crippen LogP contribution in [0.2, 0.25) is 0 Å². The largest absolute Gasteiger partial charge is 0.433 e. The van der Waals surface area contributed by atoms with Gasteiger partial charge in [-0.1, -0.05) is 0 Å². The second-order valence-electron chi connectivity index (χ2n) is 4.37. The molecule has 1 fully saturated rings. The topological polar surface area (TPSA) is 41.6 Å². The third-order valence-electron chi connectivity index (χ3n) is 3.16. The van der Waals surface area contributed by atoms with Crippen molar-refractivity contribution < 1.29 is 18.3 Å². The van der Waals surface area contributed by atoms with Gasteiger partial charge in [-0.3, -0.25) is 4.79 Å². The molecule has 114 valence electrons. The van der Waals surface area contributed by atoms with Gasteiger partial charge in [-0.05, 0) is 31.3 Å². The maximum absolute atomic E-state index is 12.3. The average molecular weight is 327 g/mol. The molecule has 1 aromatic rings. The van der Waals surface area contributed by atoms with E-state index >= 15 is 0 Å². The number of rotatable bonds is 4. The molecule has 4 nitrogen and oxygen atoms in total. The van der Waals surface area contributed by atoms with Gasteiger partial charge in [0.25, 0.3) is 5.91 Å². The van der Waals surface area contributed by atoms with E-state index in [1.165, 1.54) is 6.07 Å². The van der Waals surface area contributed by atoms with Gasteiger partial charge < -0.3 is 15.0 Å². The lowest BCUT2D eigenvalue weighted by Crippen LogP contribution is -2.46. The predicted octanol–water partition coefficient (Wildman–Crippen LogP) is 2.60. The van der Waals surface area contributed by atoms with Gasteiger partial charge in [-0.15, -0.1) is 23.7 Å². The quantitative estimate of drug-likeness (QED) is 0.924. The molecular weight excluding hydrogens is 310 g/mol. The SMILES string of the molecule is CNC1CCCN(C(=O)c2sccc2OC(F)F)C1.Cl. The number of nitrogens with one attached hydrogen (secondary N) is 1. The van der Waals surface area contributed by atoms with Crippen molar-refractivity contribution in [3.05, 3.63) is 16.3 Å². The fourth-order valence-electron chi connectivity index (χ4n) is 2.18. The van der Waals surface area contributed by atoms with E-state index in [4.69, 9.17) is 0 Å². The lowest BCUT2D eigenvalue weighted by molar-refractivity contribution is -0.0499. The highest BCUT2D eigenvalue weighted by Crippen LogP contribution is 2.28. The summed E-state index contributed by atoms with van der Waals surface area (Å²) >= 11 is 1.13. The average Bonchev–Trinajstić information content (AvgIpc) is 2.85. The second kappa shape index (κ2) is 7.75. The van der Waals surface area contributed by atoms with E-state index in [0.717, 1.165) is 24.2 Å². The van der Waals surface area contributed by atoms with E-state index in [1.54, 1.807) is 10.3 Å². The van der Waals surface area contributed by atoms with Crippen LogP contribution in [0, 0.1) is 0 Å². The van der Waals surface area contributed by atoms with E-state index in [9.17, 15) is 13.6 Å². The third kappa shape index (κ3) is 4.04. The fourth-order valence-corrected chi connectivity index (χ4v) is 2.97. The number of hydrogen-bond donors (Lipinski definition) is 1. The van der Waals surface area contributed by atoms with E-state index in [0.29, 0.717) is 13.1 Å². The first-order valence-electron chi connectivity index (χ1n) is 6.10. The summed E-state index contributed by atoms with van der Waals surface area (Å²) in [7, 11) is 1.86. The summed E-state index contributed by atoms with van der Waals surface area (Å²) < 4.78 is 28.9. The van der Waals surface area contributed by atoms with Crippen molar-refractivity contribution in [3.8, 4) is 5.75 Å². The van der Waals surface area contributed by atoms with E-state index in [2.05, 4.69) is 10.1 Å². The number of carbonyl (C=O) groups excluding carboxylic acids is 1. The Hall–Kier alpha value is -0.920. The van der Waals surface area contributed by atoms with Crippen LogP contribution in [-0.4, -0.2) is 43.6 Å². The van der Waals surface area contributed by atoms with E-state index in [-0.39, 0.29) is 35.0 Å². The minimum Gasteiger partial charge on any atom is -0.433 e. The Morgan fingerprint density at radius 2 is 2.35 bits per heavy atom. The van der Waals surface area contributed by atoms with Crippen molar-refractivity contribution in [1.82, 2.24) is 10.2 Å². The van der Waals surface area contributed by atoms with Crippen molar-refractivity contribution >= 4 is 29.7 Å². The van der Waals surface area contributed by atoms with Gasteiger partial charge in [0, 0.05) is 19.1 Å². The molecule has 2 rings (SSSR count). The molecule has 8 heteroatoms. The first-order chi connectivity index (χ1) is 9.11. The minimum atomic E-state index is -2.91. The number of nitrogens with zero attached hydrogens (tertiary/aromatic N) is 1.